The van der Waals surface area contributed by atoms with E-state index in [1.54, 1.807) is 0 Å². The van der Waals surface area contributed by atoms with Gasteiger partial charge in [-0.2, -0.15) is 0 Å². The van der Waals surface area contributed by atoms with E-state index in [0.29, 0.717) is 17.5 Å². The van der Waals surface area contributed by atoms with Crippen molar-refractivity contribution in [2.75, 3.05) is 0 Å². The maximum atomic E-state index is 6.60. The van der Waals surface area contributed by atoms with Gasteiger partial charge in [0.25, 0.3) is 0 Å². The quantitative estimate of drug-likeness (QED) is 0.152. The molecule has 72 heavy (non-hydrogen) atoms. The molecule has 1 aliphatic rings. The van der Waals surface area contributed by atoms with Crippen LogP contribution in [0.4, 0.5) is 0 Å². The highest BCUT2D eigenvalue weighted by Crippen LogP contribution is 2.57. The maximum Gasteiger partial charge on any atom is 0.164 e. The first-order chi connectivity index (χ1) is 35.7. The van der Waals surface area contributed by atoms with Gasteiger partial charge in [-0.25, -0.2) is 15.0 Å². The Kier molecular flexibility index (Phi) is 9.71. The summed E-state index contributed by atoms with van der Waals surface area (Å²) in [6, 6.07) is 93.2. The lowest BCUT2D eigenvalue weighted by Crippen LogP contribution is -2.28. The molecule has 0 fully saturated rings. The van der Waals surface area contributed by atoms with Crippen LogP contribution >= 0.6 is 0 Å². The van der Waals surface area contributed by atoms with Crippen molar-refractivity contribution in [2.24, 2.45) is 0 Å². The van der Waals surface area contributed by atoms with Crippen LogP contribution in [0.2, 0.25) is 0 Å². The van der Waals surface area contributed by atoms with E-state index in [1.807, 2.05) is 18.2 Å². The molecule has 0 saturated carbocycles. The Hall–Kier alpha value is -9.51. The molecular formula is C68H43N3O. The van der Waals surface area contributed by atoms with E-state index in [0.717, 1.165) is 77.4 Å². The third-order valence-corrected chi connectivity index (χ3v) is 14.6. The van der Waals surface area contributed by atoms with Crippen LogP contribution in [0.25, 0.3) is 111 Å². The highest BCUT2D eigenvalue weighted by molar-refractivity contribution is 6.19. The molecule has 336 valence electrons. The van der Waals surface area contributed by atoms with Crippen molar-refractivity contribution < 1.29 is 4.42 Å². The van der Waals surface area contributed by atoms with Crippen LogP contribution in [0, 0.1) is 0 Å². The number of hydrogen-bond acceptors (Lipinski definition) is 4. The molecule has 4 heteroatoms. The summed E-state index contributed by atoms with van der Waals surface area (Å²) in [5.74, 6) is 1.72. The number of hydrogen-bond donors (Lipinski definition) is 0. The van der Waals surface area contributed by atoms with Crippen LogP contribution in [0.3, 0.4) is 0 Å². The van der Waals surface area contributed by atoms with Gasteiger partial charge in [0.2, 0.25) is 0 Å². The average molecular weight is 918 g/mol. The van der Waals surface area contributed by atoms with Crippen LogP contribution in [-0.2, 0) is 5.41 Å². The van der Waals surface area contributed by atoms with E-state index in [4.69, 9.17) is 19.4 Å². The topological polar surface area (TPSA) is 51.8 Å². The molecule has 0 N–H and O–H groups in total. The van der Waals surface area contributed by atoms with Gasteiger partial charge in [0.15, 0.2) is 17.5 Å². The van der Waals surface area contributed by atoms with Crippen molar-refractivity contribution in [3.8, 4) is 78.7 Å². The third kappa shape index (κ3) is 6.64. The van der Waals surface area contributed by atoms with Crippen LogP contribution in [0.5, 0.6) is 0 Å². The van der Waals surface area contributed by atoms with Gasteiger partial charge >= 0.3 is 0 Å². The van der Waals surface area contributed by atoms with Gasteiger partial charge < -0.3 is 4.42 Å². The molecule has 14 rings (SSSR count). The SMILES string of the molecule is c1ccc(-c2cc(-c3ccc4c(c3)-c3ccccc3C4(c3ccccc3)c3ccccc3)c(-c3ccccc3)c(-c3nc(-c4ccccc4)nc(-c4ccc5c(c4)oc4ccc6ccccc6c45)n3)c2)cc1. The predicted molar refractivity (Wildman–Crippen MR) is 295 cm³/mol. The molecule has 2 aromatic heterocycles. The van der Waals surface area contributed by atoms with E-state index in [-0.39, 0.29) is 0 Å². The normalized spacial score (nSPS) is 12.6. The van der Waals surface area contributed by atoms with E-state index < -0.39 is 5.41 Å². The van der Waals surface area contributed by atoms with Gasteiger partial charge in [-0.1, -0.05) is 224 Å². The van der Waals surface area contributed by atoms with Gasteiger partial charge in [-0.15, -0.1) is 0 Å². The Morgan fingerprint density at radius 2 is 0.833 bits per heavy atom. The summed E-state index contributed by atoms with van der Waals surface area (Å²) in [5.41, 5.74) is 17.6. The lowest BCUT2D eigenvalue weighted by molar-refractivity contribution is 0.669. The minimum absolute atomic E-state index is 0.513. The minimum atomic E-state index is -0.513. The van der Waals surface area contributed by atoms with Gasteiger partial charge in [0.05, 0.1) is 5.41 Å². The number of fused-ring (bicyclic) bond motifs is 8. The molecule has 1 aliphatic carbocycles. The van der Waals surface area contributed by atoms with Crippen molar-refractivity contribution in [3.63, 3.8) is 0 Å². The second-order valence-corrected chi connectivity index (χ2v) is 18.6. The Morgan fingerprint density at radius 1 is 0.292 bits per heavy atom. The molecule has 11 aromatic carbocycles. The zero-order valence-electron chi connectivity index (χ0n) is 39.1. The van der Waals surface area contributed by atoms with E-state index in [1.165, 1.54) is 38.8 Å². The Labute approximate surface area is 417 Å². The molecular weight excluding hydrogens is 875 g/mol. The second kappa shape index (κ2) is 16.9. The first-order valence-electron chi connectivity index (χ1n) is 24.5. The molecule has 13 aromatic rings. The molecule has 0 bridgehead atoms. The molecule has 0 atom stereocenters. The zero-order valence-corrected chi connectivity index (χ0v) is 39.1. The van der Waals surface area contributed by atoms with Gasteiger partial charge in [0.1, 0.15) is 11.2 Å². The monoisotopic (exact) mass is 917 g/mol. The molecule has 0 aliphatic heterocycles. The second-order valence-electron chi connectivity index (χ2n) is 18.6. The largest absolute Gasteiger partial charge is 0.456 e. The van der Waals surface area contributed by atoms with Crippen LogP contribution in [-0.4, -0.2) is 15.0 Å². The van der Waals surface area contributed by atoms with Crippen LogP contribution in [0.1, 0.15) is 22.3 Å². The summed E-state index contributed by atoms with van der Waals surface area (Å²) in [7, 11) is 0. The minimum Gasteiger partial charge on any atom is -0.456 e. The molecule has 0 unspecified atom stereocenters. The number of rotatable bonds is 8. The van der Waals surface area contributed by atoms with Crippen LogP contribution in [0.15, 0.2) is 265 Å². The first kappa shape index (κ1) is 41.5. The lowest BCUT2D eigenvalue weighted by Gasteiger charge is -2.34. The number of nitrogens with zero attached hydrogens (tertiary/aromatic N) is 3. The predicted octanol–water partition coefficient (Wildman–Crippen LogP) is 17.3. The summed E-state index contributed by atoms with van der Waals surface area (Å²) >= 11 is 0. The number of aromatic nitrogens is 3. The summed E-state index contributed by atoms with van der Waals surface area (Å²) in [6.07, 6.45) is 0. The van der Waals surface area contributed by atoms with Crippen molar-refractivity contribution in [2.45, 2.75) is 5.41 Å². The fraction of sp³-hybridized carbons (Fsp3) is 0.0147. The van der Waals surface area contributed by atoms with E-state index >= 15 is 0 Å². The fourth-order valence-corrected chi connectivity index (χ4v) is 11.4. The fourth-order valence-electron chi connectivity index (χ4n) is 11.4. The standard InChI is InChI=1S/C68H43N3O/c1-6-20-44(21-7-1)50-41-56(48-35-38-60-57(40-48)54-32-18-19-33-59(54)68(60,51-27-12-4-13-28-51)52-29-14-5-15-30-52)63(46-23-8-2-9-24-46)58(42-50)67-70-65(47-25-10-3-11-26-47)69-66(71-67)49-34-37-55-62(43-49)72-61-39-36-45-22-16-17-31-53(45)64(55)61/h1-43H. The van der Waals surface area contributed by atoms with Gasteiger partial charge in [-0.3, -0.25) is 0 Å². The summed E-state index contributed by atoms with van der Waals surface area (Å²) < 4.78 is 6.60. The van der Waals surface area contributed by atoms with Crippen molar-refractivity contribution in [1.29, 1.82) is 0 Å². The Morgan fingerprint density at radius 3 is 1.56 bits per heavy atom. The first-order valence-corrected chi connectivity index (χ1v) is 24.5. The number of furan rings is 1. The zero-order chi connectivity index (χ0) is 47.6. The van der Waals surface area contributed by atoms with Crippen molar-refractivity contribution in [1.82, 2.24) is 15.0 Å². The smallest absolute Gasteiger partial charge is 0.164 e. The molecule has 2 heterocycles. The Balaban J connectivity index is 1.03. The summed E-state index contributed by atoms with van der Waals surface area (Å²) in [6.45, 7) is 0. The molecule has 0 radical (unpaired) electrons. The van der Waals surface area contributed by atoms with Gasteiger partial charge in [0, 0.05) is 33.0 Å². The van der Waals surface area contributed by atoms with Gasteiger partial charge in [-0.05, 0) is 108 Å². The highest BCUT2D eigenvalue weighted by Gasteiger charge is 2.46. The third-order valence-electron chi connectivity index (χ3n) is 14.6. The van der Waals surface area contributed by atoms with Crippen molar-refractivity contribution in [3.05, 3.63) is 283 Å². The highest BCUT2D eigenvalue weighted by atomic mass is 16.3. The molecule has 0 saturated heterocycles. The average Bonchev–Trinajstić information content (AvgIpc) is 4.00. The summed E-state index contributed by atoms with van der Waals surface area (Å²) in [4.78, 5) is 16.1. The lowest BCUT2D eigenvalue weighted by atomic mass is 9.67. The number of benzene rings is 11. The molecule has 0 amide bonds. The van der Waals surface area contributed by atoms with E-state index in [2.05, 4.69) is 243 Å². The Bertz CT molecular complexity index is 4150. The van der Waals surface area contributed by atoms with Crippen molar-refractivity contribution >= 4 is 32.7 Å². The maximum absolute atomic E-state index is 6.60. The summed E-state index contributed by atoms with van der Waals surface area (Å²) in [5, 5.41) is 4.50. The molecule has 4 nitrogen and oxygen atoms in total. The molecule has 0 spiro atoms. The van der Waals surface area contributed by atoms with Crippen LogP contribution < -0.4 is 0 Å². The van der Waals surface area contributed by atoms with E-state index in [9.17, 15) is 0 Å².